The van der Waals surface area contributed by atoms with Crippen molar-refractivity contribution in [2.45, 2.75) is 29.2 Å². The first-order valence-electron chi connectivity index (χ1n) is 11.6. The first kappa shape index (κ1) is 28.1. The molecule has 1 N–H and O–H groups in total. The molecule has 3 aromatic carbocycles. The Kier molecular flexibility index (Phi) is 9.11. The third-order valence-corrected chi connectivity index (χ3v) is 9.09. The summed E-state index contributed by atoms with van der Waals surface area (Å²) in [4.78, 5) is 13.4. The maximum absolute atomic E-state index is 13.3. The average Bonchev–Trinajstić information content (AvgIpc) is 3.36. The van der Waals surface area contributed by atoms with Crippen LogP contribution in [0.25, 0.3) is 11.5 Å². The Morgan fingerprint density at radius 3 is 2.32 bits per heavy atom. The van der Waals surface area contributed by atoms with E-state index in [1.165, 1.54) is 16.4 Å². The number of benzene rings is 3. The molecule has 0 fully saturated rings. The minimum absolute atomic E-state index is 0.132. The number of carbonyl (C=O) groups is 1. The molecule has 4 aromatic rings. The highest BCUT2D eigenvalue weighted by Crippen LogP contribution is 2.37. The molecule has 0 spiro atoms. The van der Waals surface area contributed by atoms with E-state index in [-0.39, 0.29) is 21.9 Å². The van der Waals surface area contributed by atoms with Crippen molar-refractivity contribution >= 4 is 56.6 Å². The van der Waals surface area contributed by atoms with Gasteiger partial charge < -0.3 is 9.73 Å². The van der Waals surface area contributed by atoms with Gasteiger partial charge in [-0.05, 0) is 53.7 Å². The van der Waals surface area contributed by atoms with E-state index in [1.807, 2.05) is 30.3 Å². The maximum Gasteiger partial charge on any atom is 0.277 e. The lowest BCUT2D eigenvalue weighted by Gasteiger charge is -2.18. The van der Waals surface area contributed by atoms with Gasteiger partial charge in [-0.2, -0.15) is 4.31 Å². The van der Waals surface area contributed by atoms with Crippen LogP contribution < -0.4 is 5.32 Å². The molecule has 8 nitrogen and oxygen atoms in total. The lowest BCUT2D eigenvalue weighted by atomic mass is 10.1. The van der Waals surface area contributed by atoms with Crippen LogP contribution in [0.2, 0.25) is 10.0 Å². The highest BCUT2D eigenvalue weighted by molar-refractivity contribution is 8.00. The number of nitrogens with zero attached hydrogens (tertiary/aromatic N) is 3. The van der Waals surface area contributed by atoms with Crippen molar-refractivity contribution in [1.29, 1.82) is 0 Å². The normalized spacial score (nSPS) is 12.4. The fourth-order valence-electron chi connectivity index (χ4n) is 3.71. The Morgan fingerprint density at radius 1 is 0.974 bits per heavy atom. The number of aromatic nitrogens is 2. The van der Waals surface area contributed by atoms with Gasteiger partial charge in [0.25, 0.3) is 5.22 Å². The van der Waals surface area contributed by atoms with Gasteiger partial charge in [-0.3, -0.25) is 4.79 Å². The van der Waals surface area contributed by atoms with Crippen molar-refractivity contribution in [3.05, 3.63) is 88.4 Å². The van der Waals surface area contributed by atoms with Crippen LogP contribution in [0, 0.1) is 0 Å². The molecule has 1 amide bonds. The molecule has 1 heterocycles. The highest BCUT2D eigenvalue weighted by atomic mass is 35.5. The number of anilines is 1. The second-order valence-corrected chi connectivity index (χ2v) is 11.9. The summed E-state index contributed by atoms with van der Waals surface area (Å²) >= 11 is 13.2. The van der Waals surface area contributed by atoms with Crippen molar-refractivity contribution in [2.24, 2.45) is 0 Å². The van der Waals surface area contributed by atoms with Gasteiger partial charge in [0.05, 0.1) is 4.90 Å². The topological polar surface area (TPSA) is 105 Å². The molecule has 0 aliphatic heterocycles. The van der Waals surface area contributed by atoms with Gasteiger partial charge >= 0.3 is 0 Å². The Bertz CT molecular complexity index is 1510. The largest absolute Gasteiger partial charge is 0.411 e. The lowest BCUT2D eigenvalue weighted by molar-refractivity contribution is -0.115. The Balaban J connectivity index is 1.60. The van der Waals surface area contributed by atoms with E-state index in [1.54, 1.807) is 44.2 Å². The number of carbonyl (C=O) groups excluding carboxylic acids is 1. The molecule has 0 unspecified atom stereocenters. The van der Waals surface area contributed by atoms with Gasteiger partial charge in [0.1, 0.15) is 5.25 Å². The van der Waals surface area contributed by atoms with E-state index < -0.39 is 15.3 Å². The van der Waals surface area contributed by atoms with Crippen molar-refractivity contribution in [2.75, 3.05) is 18.4 Å². The monoisotopic (exact) mass is 590 g/mol. The number of sulfonamides is 1. The van der Waals surface area contributed by atoms with Gasteiger partial charge in [-0.25, -0.2) is 8.42 Å². The zero-order valence-corrected chi connectivity index (χ0v) is 23.6. The summed E-state index contributed by atoms with van der Waals surface area (Å²) in [5.74, 6) is -0.204. The molecular weight excluding hydrogens is 567 g/mol. The van der Waals surface area contributed by atoms with E-state index >= 15 is 0 Å². The van der Waals surface area contributed by atoms with Gasteiger partial charge in [0, 0.05) is 34.4 Å². The van der Waals surface area contributed by atoms with Crippen LogP contribution in [0.5, 0.6) is 0 Å². The van der Waals surface area contributed by atoms with Crippen LogP contribution >= 0.6 is 35.0 Å². The molecule has 0 aliphatic rings. The second kappa shape index (κ2) is 12.3. The highest BCUT2D eigenvalue weighted by Gasteiger charge is 2.26. The summed E-state index contributed by atoms with van der Waals surface area (Å²) in [6.07, 6.45) is 0. The Labute approximate surface area is 235 Å². The third-order valence-electron chi connectivity index (χ3n) is 5.52. The molecule has 198 valence electrons. The van der Waals surface area contributed by atoms with Gasteiger partial charge in [-0.1, -0.05) is 73.4 Å². The molecule has 4 rings (SSSR count). The SMILES string of the molecule is CCN(CC)S(=O)(=O)c1cccc(-c2nnc(S[C@H](C(=O)Nc3cc(Cl)cc(Cl)c3)c3ccccc3)o2)c1. The van der Waals surface area contributed by atoms with Gasteiger partial charge in [0.15, 0.2) is 0 Å². The van der Waals surface area contributed by atoms with E-state index in [0.29, 0.717) is 34.4 Å². The predicted molar refractivity (Wildman–Crippen MR) is 150 cm³/mol. The quantitative estimate of drug-likeness (QED) is 0.209. The summed E-state index contributed by atoms with van der Waals surface area (Å²) in [6.45, 7) is 4.28. The number of hydrogen-bond acceptors (Lipinski definition) is 7. The van der Waals surface area contributed by atoms with Gasteiger partial charge in [-0.15, -0.1) is 10.2 Å². The predicted octanol–water partition coefficient (Wildman–Crippen LogP) is 6.55. The molecule has 0 saturated carbocycles. The summed E-state index contributed by atoms with van der Waals surface area (Å²) in [5, 5.41) is 11.2. The van der Waals surface area contributed by atoms with Crippen LogP contribution in [0.4, 0.5) is 5.69 Å². The summed E-state index contributed by atoms with van der Waals surface area (Å²) in [6, 6.07) is 20.3. The molecule has 38 heavy (non-hydrogen) atoms. The molecular formula is C26H24Cl2N4O4S2. The average molecular weight is 592 g/mol. The summed E-state index contributed by atoms with van der Waals surface area (Å²) in [5.41, 5.74) is 1.62. The van der Waals surface area contributed by atoms with E-state index in [4.69, 9.17) is 27.6 Å². The smallest absolute Gasteiger partial charge is 0.277 e. The molecule has 0 bridgehead atoms. The lowest BCUT2D eigenvalue weighted by Crippen LogP contribution is -2.30. The standard InChI is InChI=1S/C26H24Cl2N4O4S2/c1-3-32(4-2)38(34,35)22-12-8-11-18(13-22)25-30-31-26(36-25)37-23(17-9-6-5-7-10-17)24(33)29-21-15-19(27)14-20(28)16-21/h5-16,23H,3-4H2,1-2H3,(H,29,33)/t23-/m0/s1. The van der Waals surface area contributed by atoms with Crippen molar-refractivity contribution < 1.29 is 17.6 Å². The maximum atomic E-state index is 13.3. The number of nitrogens with one attached hydrogen (secondary N) is 1. The summed E-state index contributed by atoms with van der Waals surface area (Å²) < 4.78 is 33.1. The third kappa shape index (κ3) is 6.57. The van der Waals surface area contributed by atoms with Crippen molar-refractivity contribution in [3.8, 4) is 11.5 Å². The van der Waals surface area contributed by atoms with Crippen molar-refractivity contribution in [1.82, 2.24) is 14.5 Å². The molecule has 1 atom stereocenters. The number of thioether (sulfide) groups is 1. The minimum atomic E-state index is -3.66. The van der Waals surface area contributed by atoms with E-state index in [9.17, 15) is 13.2 Å². The fourth-order valence-corrected chi connectivity index (χ4v) is 6.62. The zero-order chi connectivity index (χ0) is 27.3. The number of rotatable bonds is 10. The first-order chi connectivity index (χ1) is 18.2. The summed E-state index contributed by atoms with van der Waals surface area (Å²) in [7, 11) is -3.66. The number of amides is 1. The zero-order valence-electron chi connectivity index (χ0n) is 20.5. The van der Waals surface area contributed by atoms with Crippen LogP contribution in [0.15, 0.2) is 87.3 Å². The first-order valence-corrected chi connectivity index (χ1v) is 14.7. The number of halogens is 2. The van der Waals surface area contributed by atoms with Gasteiger partial charge in [0.2, 0.25) is 21.8 Å². The van der Waals surface area contributed by atoms with Crippen LogP contribution in [0.1, 0.15) is 24.7 Å². The van der Waals surface area contributed by atoms with Crippen LogP contribution in [-0.4, -0.2) is 41.9 Å². The fraction of sp³-hybridized carbons (Fsp3) is 0.192. The molecule has 12 heteroatoms. The molecule has 0 radical (unpaired) electrons. The Hall–Kier alpha value is -2.89. The second-order valence-electron chi connectivity index (χ2n) is 8.05. The molecule has 1 aromatic heterocycles. The van der Waals surface area contributed by atoms with E-state index in [0.717, 1.165) is 17.3 Å². The van der Waals surface area contributed by atoms with Crippen LogP contribution in [-0.2, 0) is 14.8 Å². The van der Waals surface area contributed by atoms with E-state index in [2.05, 4.69) is 15.5 Å². The van der Waals surface area contributed by atoms with Crippen LogP contribution in [0.3, 0.4) is 0 Å². The molecule has 0 aliphatic carbocycles. The minimum Gasteiger partial charge on any atom is -0.411 e. The molecule has 0 saturated heterocycles. The Morgan fingerprint density at radius 2 is 1.66 bits per heavy atom. The number of hydrogen-bond donors (Lipinski definition) is 1. The van der Waals surface area contributed by atoms with Crippen molar-refractivity contribution in [3.63, 3.8) is 0 Å².